The van der Waals surface area contributed by atoms with Crippen molar-refractivity contribution in [1.29, 1.82) is 0 Å². The topological polar surface area (TPSA) is 45.2 Å². The summed E-state index contributed by atoms with van der Waals surface area (Å²) in [5, 5.41) is 3.94. The Morgan fingerprint density at radius 1 is 1.25 bits per heavy atom. The molecule has 1 amide bonds. The molecule has 4 nitrogen and oxygen atoms in total. The molecule has 0 aliphatic carbocycles. The first-order valence-corrected chi connectivity index (χ1v) is 8.12. The molecule has 1 saturated heterocycles. The number of hydrogen-bond donors (Lipinski definition) is 1. The minimum atomic E-state index is -0.319. The summed E-state index contributed by atoms with van der Waals surface area (Å²) >= 11 is 1.24. The largest absolute Gasteiger partial charge is 0.335 e. The molecule has 24 heavy (non-hydrogen) atoms. The lowest BCUT2D eigenvalue weighted by Crippen LogP contribution is -2.55. The van der Waals surface area contributed by atoms with Crippen molar-refractivity contribution < 1.29 is 9.18 Å². The number of carbonyl (C=O) groups is 1. The number of benzene rings is 1. The van der Waals surface area contributed by atoms with E-state index in [9.17, 15) is 9.18 Å². The first-order valence-electron chi connectivity index (χ1n) is 7.30. The van der Waals surface area contributed by atoms with Crippen molar-refractivity contribution in [3.63, 3.8) is 0 Å². The van der Waals surface area contributed by atoms with E-state index in [4.69, 9.17) is 0 Å². The zero-order valence-electron chi connectivity index (χ0n) is 13.4. The van der Waals surface area contributed by atoms with E-state index in [2.05, 4.69) is 24.1 Å². The molecule has 0 bridgehead atoms. The monoisotopic (exact) mass is 391 g/mol. The molecular weight excluding hydrogens is 372 g/mol. The van der Waals surface area contributed by atoms with Crippen molar-refractivity contribution in [2.45, 2.75) is 25.9 Å². The quantitative estimate of drug-likeness (QED) is 0.849. The Balaban J connectivity index is 0.00000144. The van der Waals surface area contributed by atoms with Gasteiger partial charge in [0.25, 0.3) is 5.91 Å². The molecule has 1 aliphatic rings. The Kier molecular flexibility index (Phi) is 7.60. The van der Waals surface area contributed by atoms with E-state index < -0.39 is 0 Å². The highest BCUT2D eigenvalue weighted by molar-refractivity contribution is 7.16. The number of hydrogen-bond acceptors (Lipinski definition) is 4. The SMILES string of the molecule is CC1CN(C(=O)c2cnc(-c3ccccc3F)s2)CC(C)N1.Cl.Cl. The molecule has 2 atom stereocenters. The number of aromatic nitrogens is 1. The Labute approximate surface area is 157 Å². The van der Waals surface area contributed by atoms with Crippen LogP contribution in [0.15, 0.2) is 30.5 Å². The van der Waals surface area contributed by atoms with Gasteiger partial charge in [0.2, 0.25) is 0 Å². The van der Waals surface area contributed by atoms with Crippen LogP contribution in [0.3, 0.4) is 0 Å². The molecule has 3 rings (SSSR count). The number of piperazine rings is 1. The maximum Gasteiger partial charge on any atom is 0.265 e. The molecule has 1 N–H and O–H groups in total. The fourth-order valence-corrected chi connectivity index (χ4v) is 3.69. The lowest BCUT2D eigenvalue weighted by atomic mass is 10.1. The first kappa shape index (κ1) is 20.8. The third-order valence-electron chi connectivity index (χ3n) is 3.67. The Hall–Kier alpha value is -1.21. The number of thiazole rings is 1. The molecule has 1 fully saturated rings. The predicted molar refractivity (Wildman–Crippen MR) is 100.0 cm³/mol. The van der Waals surface area contributed by atoms with Crippen LogP contribution in [0.4, 0.5) is 4.39 Å². The standard InChI is InChI=1S/C16H18FN3OS.2ClH/c1-10-8-20(9-11(2)19-10)16(21)14-7-18-15(22-14)12-5-3-4-6-13(12)17;;/h3-7,10-11,19H,8-9H2,1-2H3;2*1H. The summed E-state index contributed by atoms with van der Waals surface area (Å²) in [6, 6.07) is 7.02. The number of amides is 1. The van der Waals surface area contributed by atoms with Gasteiger partial charge in [-0.1, -0.05) is 12.1 Å². The van der Waals surface area contributed by atoms with Crippen LogP contribution in [0.1, 0.15) is 23.5 Å². The maximum absolute atomic E-state index is 13.8. The van der Waals surface area contributed by atoms with Gasteiger partial charge in [-0.2, -0.15) is 0 Å². The van der Waals surface area contributed by atoms with Crippen molar-refractivity contribution in [2.24, 2.45) is 0 Å². The van der Waals surface area contributed by atoms with Crippen molar-refractivity contribution in [2.75, 3.05) is 13.1 Å². The zero-order valence-corrected chi connectivity index (χ0v) is 15.8. The zero-order chi connectivity index (χ0) is 15.7. The van der Waals surface area contributed by atoms with E-state index in [1.165, 1.54) is 17.4 Å². The number of nitrogens with zero attached hydrogens (tertiary/aromatic N) is 2. The lowest BCUT2D eigenvalue weighted by Gasteiger charge is -2.35. The van der Waals surface area contributed by atoms with E-state index in [-0.39, 0.29) is 48.6 Å². The average Bonchev–Trinajstić information content (AvgIpc) is 2.95. The van der Waals surface area contributed by atoms with Crippen LogP contribution < -0.4 is 5.32 Å². The molecule has 1 aromatic carbocycles. The summed E-state index contributed by atoms with van der Waals surface area (Å²) in [6.45, 7) is 5.48. The van der Waals surface area contributed by atoms with E-state index >= 15 is 0 Å². The van der Waals surface area contributed by atoms with Crippen LogP contribution >= 0.6 is 36.2 Å². The second-order valence-corrected chi connectivity index (χ2v) is 6.72. The fourth-order valence-electron chi connectivity index (χ4n) is 2.78. The van der Waals surface area contributed by atoms with Crippen LogP contribution in [0, 0.1) is 5.82 Å². The highest BCUT2D eigenvalue weighted by Gasteiger charge is 2.27. The molecule has 8 heteroatoms. The number of nitrogens with one attached hydrogen (secondary N) is 1. The van der Waals surface area contributed by atoms with Crippen LogP contribution in [-0.2, 0) is 0 Å². The number of halogens is 3. The Bertz CT molecular complexity index is 687. The number of carbonyl (C=O) groups excluding carboxylic acids is 1. The van der Waals surface area contributed by atoms with Crippen molar-refractivity contribution in [3.05, 3.63) is 41.2 Å². The lowest BCUT2D eigenvalue weighted by molar-refractivity contribution is 0.0678. The van der Waals surface area contributed by atoms with Crippen molar-refractivity contribution in [1.82, 2.24) is 15.2 Å². The number of rotatable bonds is 2. The molecule has 2 unspecified atom stereocenters. The molecule has 132 valence electrons. The van der Waals surface area contributed by atoms with Crippen LogP contribution in [0.25, 0.3) is 10.6 Å². The molecule has 0 spiro atoms. The molecular formula is C16H20Cl2FN3OS. The summed E-state index contributed by atoms with van der Waals surface area (Å²) in [6.07, 6.45) is 1.55. The second-order valence-electron chi connectivity index (χ2n) is 5.69. The third kappa shape index (κ3) is 4.45. The summed E-state index contributed by atoms with van der Waals surface area (Å²) in [4.78, 5) is 19.2. The van der Waals surface area contributed by atoms with E-state index in [1.807, 2.05) is 4.90 Å². The highest BCUT2D eigenvalue weighted by Crippen LogP contribution is 2.28. The highest BCUT2D eigenvalue weighted by atomic mass is 35.5. The fraction of sp³-hybridized carbons (Fsp3) is 0.375. The van der Waals surface area contributed by atoms with Crippen LogP contribution in [0.5, 0.6) is 0 Å². The molecule has 2 aromatic rings. The minimum Gasteiger partial charge on any atom is -0.335 e. The maximum atomic E-state index is 13.8. The first-order chi connectivity index (χ1) is 10.5. The van der Waals surface area contributed by atoms with E-state index in [0.29, 0.717) is 28.5 Å². The minimum absolute atomic E-state index is 0. The molecule has 1 aromatic heterocycles. The van der Waals surface area contributed by atoms with Crippen LogP contribution in [0.2, 0.25) is 0 Å². The van der Waals surface area contributed by atoms with Gasteiger partial charge in [-0.25, -0.2) is 9.37 Å². The molecule has 0 saturated carbocycles. The van der Waals surface area contributed by atoms with Crippen LogP contribution in [-0.4, -0.2) is 41.0 Å². The second kappa shape index (κ2) is 8.76. The normalized spacial score (nSPS) is 20.0. The van der Waals surface area contributed by atoms with Gasteiger partial charge in [0, 0.05) is 30.7 Å². The summed E-state index contributed by atoms with van der Waals surface area (Å²) in [5.74, 6) is -0.347. The van der Waals surface area contributed by atoms with Gasteiger partial charge < -0.3 is 10.2 Å². The Morgan fingerprint density at radius 2 is 1.88 bits per heavy atom. The van der Waals surface area contributed by atoms with Crippen molar-refractivity contribution in [3.8, 4) is 10.6 Å². The molecule has 0 radical (unpaired) electrons. The van der Waals surface area contributed by atoms with Gasteiger partial charge in [-0.05, 0) is 26.0 Å². The van der Waals surface area contributed by atoms with Gasteiger partial charge >= 0.3 is 0 Å². The summed E-state index contributed by atoms with van der Waals surface area (Å²) < 4.78 is 13.8. The third-order valence-corrected chi connectivity index (χ3v) is 4.68. The molecule has 1 aliphatic heterocycles. The smallest absolute Gasteiger partial charge is 0.265 e. The molecule has 2 heterocycles. The van der Waals surface area contributed by atoms with Gasteiger partial charge in [0.15, 0.2) is 0 Å². The predicted octanol–water partition coefficient (Wildman–Crippen LogP) is 3.62. The van der Waals surface area contributed by atoms with Gasteiger partial charge in [-0.3, -0.25) is 4.79 Å². The van der Waals surface area contributed by atoms with E-state index in [1.54, 1.807) is 24.4 Å². The summed E-state index contributed by atoms with van der Waals surface area (Å²) in [7, 11) is 0. The summed E-state index contributed by atoms with van der Waals surface area (Å²) in [5.41, 5.74) is 0.439. The van der Waals surface area contributed by atoms with Gasteiger partial charge in [0.05, 0.1) is 6.20 Å². The van der Waals surface area contributed by atoms with Gasteiger partial charge in [-0.15, -0.1) is 36.2 Å². The Morgan fingerprint density at radius 3 is 2.50 bits per heavy atom. The van der Waals surface area contributed by atoms with Crippen molar-refractivity contribution >= 4 is 42.1 Å². The average molecular weight is 392 g/mol. The van der Waals surface area contributed by atoms with E-state index in [0.717, 1.165) is 0 Å². The van der Waals surface area contributed by atoms with Gasteiger partial charge in [0.1, 0.15) is 15.7 Å².